The first kappa shape index (κ1) is 50.4. The molecule has 5 aliphatic rings. The molecule has 0 bridgehead atoms. The van der Waals surface area contributed by atoms with Gasteiger partial charge in [0, 0.05) is 41.2 Å². The fraction of sp³-hybridized carbons (Fsp3) is 0.326. The van der Waals surface area contributed by atoms with Crippen molar-refractivity contribution in [3.05, 3.63) is 119 Å². The van der Waals surface area contributed by atoms with E-state index < -0.39 is 7.31 Å². The maximum absolute atomic E-state index is 6.81. The summed E-state index contributed by atoms with van der Waals surface area (Å²) in [7, 11) is -6.81. The van der Waals surface area contributed by atoms with E-state index in [9.17, 15) is 0 Å². The number of halogens is 12. The summed E-state index contributed by atoms with van der Waals surface area (Å²) in [4.78, 5) is 2.68. The van der Waals surface area contributed by atoms with Crippen LogP contribution in [0.3, 0.4) is 0 Å². The molecule has 0 aromatic heterocycles. The van der Waals surface area contributed by atoms with Crippen molar-refractivity contribution in [3.8, 4) is 45.6 Å². The van der Waals surface area contributed by atoms with Crippen molar-refractivity contribution in [2.75, 3.05) is 0 Å². The van der Waals surface area contributed by atoms with Gasteiger partial charge in [-0.3, -0.25) is 4.90 Å². The molecule has 0 saturated carbocycles. The molecule has 0 N–H and O–H groups in total. The van der Waals surface area contributed by atoms with Crippen molar-refractivity contribution < 1.29 is 31.7 Å². The summed E-state index contributed by atoms with van der Waals surface area (Å²) in [6, 6.07) is 14.9. The van der Waals surface area contributed by atoms with E-state index in [0.717, 1.165) is 19.6 Å². The van der Waals surface area contributed by atoms with Gasteiger partial charge in [0.1, 0.15) is 0 Å². The van der Waals surface area contributed by atoms with Crippen molar-refractivity contribution in [1.82, 2.24) is 4.90 Å². The second-order valence-electron chi connectivity index (χ2n) is 19.0. The zero-order chi connectivity index (χ0) is 48.9. The molecule has 5 aliphatic heterocycles. The number of nitrogens with zero attached hydrogens (tertiary/aromatic N) is 2. The number of rotatable bonds is 2. The van der Waals surface area contributed by atoms with Gasteiger partial charge in [-0.2, -0.15) is 0 Å². The Morgan fingerprint density at radius 1 is 0.463 bits per heavy atom. The summed E-state index contributed by atoms with van der Waals surface area (Å²) in [6.07, 6.45) is 2.43. The molecular formula is C46H39Cl12N2O6P. The topological polar surface area (TPSA) is 61.6 Å². The molecule has 8 nitrogen and oxygen atoms in total. The Hall–Kier alpha value is -1.56. The zero-order valence-corrected chi connectivity index (χ0v) is 46.6. The van der Waals surface area contributed by atoms with Gasteiger partial charge >= 0.3 is 268 Å². The molecule has 0 saturated heterocycles. The van der Waals surface area contributed by atoms with E-state index in [1.54, 1.807) is 0 Å². The van der Waals surface area contributed by atoms with E-state index in [4.69, 9.17) is 166 Å². The summed E-state index contributed by atoms with van der Waals surface area (Å²) in [5.74, 6) is -2.13. The SMILES string of the molecule is C[C@H](N1Cc2cccc3c2-c2c(cccc2C[N+]([C@@H](C)C(C)(C)C)=C3)C1)C(C)(C)C.Clc1c(Cl)c(Cl)c2c(c1Cl)O[P-]13(O2)(Oc2c(Cl)c(Cl)c(Cl)c(Cl)c2O1)Oc1c(Cl)c(Cl)c(Cl)c(Cl)c1O3. The molecule has 0 radical (unpaired) electrons. The number of fused-ring (bicyclic) bond motifs is 3. The third-order valence-electron chi connectivity index (χ3n) is 12.8. The summed E-state index contributed by atoms with van der Waals surface area (Å²) in [5, 5.41) is -2.92. The number of hydrogen-bond acceptors (Lipinski definition) is 7. The van der Waals surface area contributed by atoms with Gasteiger partial charge in [-0.1, -0.05) is 71.9 Å². The van der Waals surface area contributed by atoms with Crippen molar-refractivity contribution in [3.63, 3.8) is 0 Å². The Balaban J connectivity index is 0.000000172. The van der Waals surface area contributed by atoms with Gasteiger partial charge in [-0.25, -0.2) is 4.58 Å². The normalized spacial score (nSPS) is 19.5. The Kier molecular flexibility index (Phi) is 12.4. The molecule has 5 aromatic carbocycles. The molecule has 0 unspecified atom stereocenters. The second-order valence-corrected chi connectivity index (χ2v) is 26.9. The molecule has 67 heavy (non-hydrogen) atoms. The van der Waals surface area contributed by atoms with Crippen LogP contribution < -0.4 is 27.1 Å². The van der Waals surface area contributed by atoms with Crippen LogP contribution in [-0.4, -0.2) is 27.8 Å². The fourth-order valence-electron chi connectivity index (χ4n) is 8.55. The van der Waals surface area contributed by atoms with E-state index in [0.29, 0.717) is 12.1 Å². The van der Waals surface area contributed by atoms with Gasteiger partial charge in [-0.15, -0.1) is 0 Å². The Labute approximate surface area is 447 Å². The molecule has 358 valence electrons. The number of hydrogen-bond donors (Lipinski definition) is 0. The first-order valence-corrected chi connectivity index (χ1v) is 27.4. The zero-order valence-electron chi connectivity index (χ0n) is 36.6. The van der Waals surface area contributed by atoms with E-state index in [1.165, 1.54) is 33.4 Å². The minimum atomic E-state index is -6.81. The molecule has 0 fully saturated rings. The van der Waals surface area contributed by atoms with Crippen LogP contribution in [-0.2, 0) is 19.6 Å². The third kappa shape index (κ3) is 7.72. The number of benzene rings is 5. The molecule has 21 heteroatoms. The summed E-state index contributed by atoms with van der Waals surface area (Å²) < 4.78 is 39.4. The van der Waals surface area contributed by atoms with Gasteiger partial charge < -0.3 is 0 Å². The second kappa shape index (κ2) is 16.5. The van der Waals surface area contributed by atoms with Crippen molar-refractivity contribution in [1.29, 1.82) is 0 Å². The van der Waals surface area contributed by atoms with Crippen LogP contribution in [0.1, 0.15) is 77.6 Å². The average Bonchev–Trinajstić information content (AvgIpc) is 3.77. The monoisotopic (exact) mass is 1170 g/mol. The van der Waals surface area contributed by atoms with Crippen LogP contribution in [0, 0.1) is 10.8 Å². The first-order valence-electron chi connectivity index (χ1n) is 20.6. The van der Waals surface area contributed by atoms with Crippen molar-refractivity contribution in [2.45, 2.75) is 87.1 Å². The van der Waals surface area contributed by atoms with Gasteiger partial charge in [0.25, 0.3) is 0 Å². The predicted octanol–water partition coefficient (Wildman–Crippen LogP) is 19.3. The van der Waals surface area contributed by atoms with Gasteiger partial charge in [-0.05, 0) is 42.0 Å². The van der Waals surface area contributed by atoms with Crippen molar-refractivity contribution >= 4 is 153 Å². The molecule has 0 amide bonds. The van der Waals surface area contributed by atoms with Gasteiger partial charge in [0.2, 0.25) is 0 Å². The molecular weight excluding hydrogens is 1130 g/mol. The summed E-state index contributed by atoms with van der Waals surface area (Å²) in [5.41, 5.74) is 9.23. The molecule has 2 atom stereocenters. The van der Waals surface area contributed by atoms with Crippen LogP contribution in [0.25, 0.3) is 11.1 Å². The van der Waals surface area contributed by atoms with E-state index in [1.807, 2.05) is 0 Å². The van der Waals surface area contributed by atoms with Crippen LogP contribution in [0.15, 0.2) is 36.4 Å². The predicted molar refractivity (Wildman–Crippen MR) is 278 cm³/mol. The van der Waals surface area contributed by atoms with Crippen LogP contribution in [0.5, 0.6) is 34.5 Å². The van der Waals surface area contributed by atoms with Crippen LogP contribution >= 0.6 is 147 Å². The van der Waals surface area contributed by atoms with E-state index in [2.05, 4.69) is 107 Å². The van der Waals surface area contributed by atoms with Crippen LogP contribution in [0.4, 0.5) is 0 Å². The Morgan fingerprint density at radius 2 is 0.791 bits per heavy atom. The molecule has 5 heterocycles. The quantitative estimate of drug-likeness (QED) is 0.0755. The molecule has 5 aromatic rings. The third-order valence-corrected chi connectivity index (χ3v) is 21.5. The summed E-state index contributed by atoms with van der Waals surface area (Å²) >= 11 is 75.9. The minimum absolute atomic E-state index is 0.205. The van der Waals surface area contributed by atoms with Crippen molar-refractivity contribution in [2.24, 2.45) is 10.8 Å². The standard InChI is InChI=1S/C28H39N2.C18Cl12O6P/c1-19(27(3,4)5)29-15-21-11-9-13-23-17-30(20(2)28(6,7)8)18-24-14-10-12-22(16-29)26(24)25(21)23;19-1-2(20)8(26)14-13(7(1)25)31-37(32-14,33-15-9(27)3(21)4(22)10(28)16(15)34-37)35-17-11(29)5(23)6(24)12(30)18(17)36-37/h9-15,19-20H,16-18H2,1-8H3;/q+1;-1/t19-,20-;/m0./s1. The average molecular weight is 1170 g/mol. The van der Waals surface area contributed by atoms with Gasteiger partial charge in [0.15, 0.2) is 18.8 Å². The molecule has 10 rings (SSSR count). The van der Waals surface area contributed by atoms with E-state index >= 15 is 0 Å². The van der Waals surface area contributed by atoms with E-state index in [-0.39, 0.29) is 106 Å². The Bertz CT molecular complexity index is 2750. The fourth-order valence-corrected chi connectivity index (χ4v) is 15.4. The summed E-state index contributed by atoms with van der Waals surface area (Å²) in [6.45, 7) is 21.9. The first-order chi connectivity index (χ1) is 31.1. The molecule has 0 aliphatic carbocycles. The Morgan fingerprint density at radius 3 is 1.13 bits per heavy atom. The van der Waals surface area contributed by atoms with Gasteiger partial charge in [0.05, 0.1) is 0 Å². The van der Waals surface area contributed by atoms with Crippen LogP contribution in [0.2, 0.25) is 60.3 Å². The molecule has 1 spiro atoms. The maximum atomic E-state index is 6.42.